The first kappa shape index (κ1) is 13.9. The summed E-state index contributed by atoms with van der Waals surface area (Å²) in [4.78, 5) is 22.4. The maximum atomic E-state index is 12.1. The average Bonchev–Trinajstić information content (AvgIpc) is 2.95. The van der Waals surface area contributed by atoms with E-state index in [1.807, 2.05) is 0 Å². The number of carbonyl (C=O) groups is 1. The molecule has 2 unspecified atom stereocenters. The van der Waals surface area contributed by atoms with E-state index in [-0.39, 0.29) is 17.8 Å². The smallest absolute Gasteiger partial charge is 0.323 e. The number of hydrogen-bond acceptors (Lipinski definition) is 3. The van der Waals surface area contributed by atoms with Crippen molar-refractivity contribution in [3.05, 3.63) is 27.9 Å². The summed E-state index contributed by atoms with van der Waals surface area (Å²) in [5.41, 5.74) is 0.298. The number of carbonyl (C=O) groups excluding carboxylic acids is 1. The monoisotopic (exact) mass is 285 g/mol. The van der Waals surface area contributed by atoms with E-state index in [0.717, 1.165) is 19.3 Å². The first-order valence-electron chi connectivity index (χ1n) is 6.21. The summed E-state index contributed by atoms with van der Waals surface area (Å²) in [7, 11) is 1.51. The summed E-state index contributed by atoms with van der Waals surface area (Å²) in [5.74, 6) is 0.446. The van der Waals surface area contributed by atoms with Crippen molar-refractivity contribution in [2.45, 2.75) is 25.3 Å². The minimum atomic E-state index is -0.506. The lowest BCUT2D eigenvalue weighted by Crippen LogP contribution is -2.38. The lowest BCUT2D eigenvalue weighted by atomic mass is 10.1. The molecule has 2 rings (SSSR count). The van der Waals surface area contributed by atoms with Crippen molar-refractivity contribution in [1.29, 1.82) is 0 Å². The van der Waals surface area contributed by atoms with Crippen LogP contribution < -0.4 is 5.32 Å². The third-order valence-electron chi connectivity index (χ3n) is 3.69. The number of nitro groups is 1. The second kappa shape index (κ2) is 5.61. The van der Waals surface area contributed by atoms with Crippen LogP contribution in [0.1, 0.15) is 29.8 Å². The molecule has 0 bridgehead atoms. The van der Waals surface area contributed by atoms with Gasteiger partial charge in [-0.05, 0) is 29.7 Å². The van der Waals surface area contributed by atoms with Crippen molar-refractivity contribution in [3.63, 3.8) is 0 Å². The third-order valence-corrected chi connectivity index (χ3v) is 4.09. The van der Waals surface area contributed by atoms with Crippen molar-refractivity contribution >= 4 is 23.3 Å². The maximum absolute atomic E-state index is 12.1. The van der Waals surface area contributed by atoms with Crippen LogP contribution in [-0.2, 0) is 7.05 Å². The second-order valence-electron chi connectivity index (χ2n) is 4.82. The second-order valence-corrected chi connectivity index (χ2v) is 5.13. The molecular formula is C12H16ClN3O3. The SMILES string of the molecule is Cn1c(C(=O)NC2CCCC2CCl)ccc1[N+](=O)[O-]. The zero-order valence-corrected chi connectivity index (χ0v) is 11.4. The van der Waals surface area contributed by atoms with Gasteiger partial charge in [-0.1, -0.05) is 6.42 Å². The van der Waals surface area contributed by atoms with Gasteiger partial charge in [-0.3, -0.25) is 4.79 Å². The Morgan fingerprint density at radius 2 is 2.32 bits per heavy atom. The van der Waals surface area contributed by atoms with Crippen LogP contribution in [0.2, 0.25) is 0 Å². The number of alkyl halides is 1. The first-order valence-corrected chi connectivity index (χ1v) is 6.75. The van der Waals surface area contributed by atoms with Crippen LogP contribution in [-0.4, -0.2) is 27.3 Å². The Bertz CT molecular complexity index is 500. The molecule has 1 heterocycles. The largest absolute Gasteiger partial charge is 0.358 e. The predicted octanol–water partition coefficient (Wildman–Crippen LogP) is 2.07. The lowest BCUT2D eigenvalue weighted by molar-refractivity contribution is -0.391. The van der Waals surface area contributed by atoms with Crippen molar-refractivity contribution < 1.29 is 9.72 Å². The summed E-state index contributed by atoms with van der Waals surface area (Å²) in [6.07, 6.45) is 2.98. The standard InChI is InChI=1S/C12H16ClN3O3/c1-15-10(5-6-11(15)16(18)19)12(17)14-9-4-2-3-8(9)7-13/h5-6,8-9H,2-4,7H2,1H3,(H,14,17). The van der Waals surface area contributed by atoms with E-state index in [1.54, 1.807) is 0 Å². The van der Waals surface area contributed by atoms with Gasteiger partial charge in [0.2, 0.25) is 0 Å². The molecular weight excluding hydrogens is 270 g/mol. The Morgan fingerprint density at radius 1 is 1.58 bits per heavy atom. The first-order chi connectivity index (χ1) is 9.04. The minimum Gasteiger partial charge on any atom is -0.358 e. The molecule has 1 aliphatic rings. The van der Waals surface area contributed by atoms with E-state index in [2.05, 4.69) is 5.32 Å². The van der Waals surface area contributed by atoms with E-state index in [0.29, 0.717) is 17.5 Å². The van der Waals surface area contributed by atoms with E-state index < -0.39 is 4.92 Å². The highest BCUT2D eigenvalue weighted by Gasteiger charge is 2.30. The predicted molar refractivity (Wildman–Crippen MR) is 71.4 cm³/mol. The number of nitrogens with zero attached hydrogens (tertiary/aromatic N) is 2. The molecule has 6 nitrogen and oxygen atoms in total. The number of rotatable bonds is 4. The van der Waals surface area contributed by atoms with Gasteiger partial charge in [0.1, 0.15) is 0 Å². The molecule has 1 saturated carbocycles. The zero-order valence-electron chi connectivity index (χ0n) is 10.6. The van der Waals surface area contributed by atoms with Gasteiger partial charge in [-0.25, -0.2) is 4.57 Å². The Labute approximate surface area is 115 Å². The van der Waals surface area contributed by atoms with Gasteiger partial charge in [0.25, 0.3) is 5.91 Å². The Hall–Kier alpha value is -1.56. The van der Waals surface area contributed by atoms with Gasteiger partial charge < -0.3 is 15.4 Å². The van der Waals surface area contributed by atoms with Crippen molar-refractivity contribution in [3.8, 4) is 0 Å². The summed E-state index contributed by atoms with van der Waals surface area (Å²) in [6, 6.07) is 2.87. The molecule has 0 saturated heterocycles. The van der Waals surface area contributed by atoms with Gasteiger partial charge in [-0.15, -0.1) is 11.6 Å². The molecule has 0 aliphatic heterocycles. The normalized spacial score (nSPS) is 22.4. The van der Waals surface area contributed by atoms with E-state index in [1.165, 1.54) is 23.7 Å². The van der Waals surface area contributed by atoms with E-state index in [9.17, 15) is 14.9 Å². The van der Waals surface area contributed by atoms with E-state index in [4.69, 9.17) is 11.6 Å². The molecule has 1 amide bonds. The Kier molecular flexibility index (Phi) is 4.09. The topological polar surface area (TPSA) is 77.2 Å². The maximum Gasteiger partial charge on any atom is 0.323 e. The fourth-order valence-electron chi connectivity index (χ4n) is 2.57. The summed E-state index contributed by atoms with van der Waals surface area (Å²) >= 11 is 5.86. The molecule has 0 aromatic carbocycles. The number of halogens is 1. The molecule has 19 heavy (non-hydrogen) atoms. The highest BCUT2D eigenvalue weighted by molar-refractivity contribution is 6.18. The van der Waals surface area contributed by atoms with Gasteiger partial charge >= 0.3 is 5.82 Å². The molecule has 1 aromatic rings. The number of nitrogens with one attached hydrogen (secondary N) is 1. The van der Waals surface area contributed by atoms with Gasteiger partial charge in [0.05, 0.1) is 7.05 Å². The van der Waals surface area contributed by atoms with Crippen molar-refractivity contribution in [1.82, 2.24) is 9.88 Å². The fourth-order valence-corrected chi connectivity index (χ4v) is 2.94. The van der Waals surface area contributed by atoms with Crippen LogP contribution in [0.15, 0.2) is 12.1 Å². The van der Waals surface area contributed by atoms with Crippen molar-refractivity contribution in [2.24, 2.45) is 13.0 Å². The summed E-state index contributed by atoms with van der Waals surface area (Å²) < 4.78 is 1.29. The molecule has 1 aromatic heterocycles. The Morgan fingerprint density at radius 3 is 2.89 bits per heavy atom. The van der Waals surface area contributed by atoms with Crippen LogP contribution >= 0.6 is 11.6 Å². The highest BCUT2D eigenvalue weighted by atomic mass is 35.5. The van der Waals surface area contributed by atoms with Crippen LogP contribution in [0, 0.1) is 16.0 Å². The molecule has 1 fully saturated rings. The summed E-state index contributed by atoms with van der Waals surface area (Å²) in [6.45, 7) is 0. The van der Waals surface area contributed by atoms with Crippen LogP contribution in [0.4, 0.5) is 5.82 Å². The van der Waals surface area contributed by atoms with E-state index >= 15 is 0 Å². The molecule has 0 radical (unpaired) electrons. The fraction of sp³-hybridized carbons (Fsp3) is 0.583. The van der Waals surface area contributed by atoms with Gasteiger partial charge in [0, 0.05) is 18.0 Å². The number of amides is 1. The number of aromatic nitrogens is 1. The quantitative estimate of drug-likeness (QED) is 0.523. The third kappa shape index (κ3) is 2.73. The molecule has 1 N–H and O–H groups in total. The average molecular weight is 286 g/mol. The van der Waals surface area contributed by atoms with Crippen LogP contribution in [0.3, 0.4) is 0 Å². The van der Waals surface area contributed by atoms with Crippen molar-refractivity contribution in [2.75, 3.05) is 5.88 Å². The van der Waals surface area contributed by atoms with Gasteiger partial charge in [0.15, 0.2) is 5.69 Å². The molecule has 104 valence electrons. The molecule has 0 spiro atoms. The van der Waals surface area contributed by atoms with Crippen LogP contribution in [0.25, 0.3) is 0 Å². The number of hydrogen-bond donors (Lipinski definition) is 1. The van der Waals surface area contributed by atoms with Gasteiger partial charge in [-0.2, -0.15) is 0 Å². The minimum absolute atomic E-state index is 0.0685. The molecule has 2 atom stereocenters. The Balaban J connectivity index is 2.10. The molecule has 7 heteroatoms. The highest BCUT2D eigenvalue weighted by Crippen LogP contribution is 2.27. The summed E-state index contributed by atoms with van der Waals surface area (Å²) in [5, 5.41) is 13.7. The van der Waals surface area contributed by atoms with Crippen LogP contribution in [0.5, 0.6) is 0 Å². The zero-order chi connectivity index (χ0) is 14.0. The lowest BCUT2D eigenvalue weighted by Gasteiger charge is -2.18. The molecule has 1 aliphatic carbocycles.